The van der Waals surface area contributed by atoms with Gasteiger partial charge >= 0.3 is 0 Å². The van der Waals surface area contributed by atoms with Crippen LogP contribution in [0.4, 0.5) is 5.69 Å². The molecule has 2 nitrogen and oxygen atoms in total. The van der Waals surface area contributed by atoms with Gasteiger partial charge in [-0.05, 0) is 17.7 Å². The van der Waals surface area contributed by atoms with E-state index in [1.807, 2.05) is 30.3 Å². The Kier molecular flexibility index (Phi) is 1.64. The summed E-state index contributed by atoms with van der Waals surface area (Å²) in [6.07, 6.45) is 0. The van der Waals surface area contributed by atoms with Gasteiger partial charge in [-0.1, -0.05) is 24.3 Å². The molecule has 2 heteroatoms. The second kappa shape index (κ2) is 2.80. The normalized spacial score (nSPS) is 9.77. The van der Waals surface area contributed by atoms with Gasteiger partial charge in [0.2, 0.25) is 0 Å². The van der Waals surface area contributed by atoms with Crippen LogP contribution in [-0.4, -0.2) is 0 Å². The molecule has 0 aliphatic heterocycles. The molecule has 62 valence electrons. The molecule has 0 aromatic heterocycles. The van der Waals surface area contributed by atoms with Crippen molar-refractivity contribution in [2.24, 2.45) is 0 Å². The van der Waals surface area contributed by atoms with E-state index in [4.69, 9.17) is 11.0 Å². The van der Waals surface area contributed by atoms with Crippen LogP contribution >= 0.6 is 0 Å². The van der Waals surface area contributed by atoms with Crippen molar-refractivity contribution in [3.8, 4) is 17.2 Å². The summed E-state index contributed by atoms with van der Waals surface area (Å²) in [5, 5.41) is 8.83. The van der Waals surface area contributed by atoms with Crippen molar-refractivity contribution in [2.75, 3.05) is 5.73 Å². The molecule has 0 amide bonds. The zero-order chi connectivity index (χ0) is 9.26. The first kappa shape index (κ1) is 7.63. The van der Waals surface area contributed by atoms with Crippen LogP contribution in [0.2, 0.25) is 0 Å². The van der Waals surface area contributed by atoms with Gasteiger partial charge in [-0.3, -0.25) is 0 Å². The van der Waals surface area contributed by atoms with Gasteiger partial charge in [0.1, 0.15) is 0 Å². The zero-order valence-electron chi connectivity index (χ0n) is 6.99. The average molecular weight is 168 g/mol. The van der Waals surface area contributed by atoms with E-state index < -0.39 is 0 Å². The van der Waals surface area contributed by atoms with E-state index in [0.717, 1.165) is 11.1 Å². The van der Waals surface area contributed by atoms with Gasteiger partial charge in [0.15, 0.2) is 0 Å². The van der Waals surface area contributed by atoms with Gasteiger partial charge in [-0.2, -0.15) is 5.26 Å². The zero-order valence-corrected chi connectivity index (χ0v) is 6.99. The van der Waals surface area contributed by atoms with Crippen LogP contribution < -0.4 is 5.73 Å². The molecular weight excluding hydrogens is 160 g/mol. The SMILES string of the molecule is N#Cc1ccc2ccccc(N)c1-2. The van der Waals surface area contributed by atoms with E-state index in [1.54, 1.807) is 6.07 Å². The molecule has 0 heterocycles. The smallest absolute Gasteiger partial charge is 0.0998 e. The molecule has 0 saturated heterocycles. The number of hydrogen-bond acceptors (Lipinski definition) is 2. The number of nitrogens with two attached hydrogens (primary N) is 1. The summed E-state index contributed by atoms with van der Waals surface area (Å²) in [6.45, 7) is 0. The topological polar surface area (TPSA) is 49.8 Å². The largest absolute Gasteiger partial charge is 0.398 e. The number of nitrogen functional groups attached to an aromatic ring is 1. The first-order valence-corrected chi connectivity index (χ1v) is 4.00. The fourth-order valence-corrected chi connectivity index (χ4v) is 1.45. The fraction of sp³-hybridized carbons (Fsp3) is 0. The third kappa shape index (κ3) is 1.11. The summed E-state index contributed by atoms with van der Waals surface area (Å²) in [5.74, 6) is 0. The van der Waals surface area contributed by atoms with Crippen molar-refractivity contribution < 1.29 is 0 Å². The number of rotatable bonds is 0. The van der Waals surface area contributed by atoms with Crippen LogP contribution in [0.1, 0.15) is 5.56 Å². The number of anilines is 1. The Balaban J connectivity index is 2.83. The van der Waals surface area contributed by atoms with Gasteiger partial charge in [-0.15, -0.1) is 0 Å². The molecule has 0 unspecified atom stereocenters. The lowest BCUT2D eigenvalue weighted by atomic mass is 10.1. The Hall–Kier alpha value is -2.01. The molecule has 2 rings (SSSR count). The van der Waals surface area contributed by atoms with Crippen LogP contribution in [-0.2, 0) is 0 Å². The van der Waals surface area contributed by atoms with Crippen LogP contribution in [0, 0.1) is 11.3 Å². The van der Waals surface area contributed by atoms with Gasteiger partial charge in [0.05, 0.1) is 11.6 Å². The molecule has 2 aliphatic carbocycles. The van der Waals surface area contributed by atoms with Crippen molar-refractivity contribution in [3.63, 3.8) is 0 Å². The second-order valence-corrected chi connectivity index (χ2v) is 2.86. The summed E-state index contributed by atoms with van der Waals surface area (Å²) in [7, 11) is 0. The minimum atomic E-state index is 0.642. The highest BCUT2D eigenvalue weighted by atomic mass is 14.6. The molecule has 0 saturated carbocycles. The van der Waals surface area contributed by atoms with E-state index in [1.165, 1.54) is 0 Å². The van der Waals surface area contributed by atoms with Crippen molar-refractivity contribution in [1.82, 2.24) is 0 Å². The summed E-state index contributed by atoms with van der Waals surface area (Å²) < 4.78 is 0. The molecule has 2 aliphatic rings. The predicted molar refractivity (Wildman–Crippen MR) is 52.2 cm³/mol. The van der Waals surface area contributed by atoms with Gasteiger partial charge in [-0.25, -0.2) is 0 Å². The van der Waals surface area contributed by atoms with E-state index in [0.29, 0.717) is 11.3 Å². The van der Waals surface area contributed by atoms with Crippen LogP contribution in [0.15, 0.2) is 36.4 Å². The van der Waals surface area contributed by atoms with Crippen molar-refractivity contribution >= 4 is 5.69 Å². The van der Waals surface area contributed by atoms with Gasteiger partial charge in [0.25, 0.3) is 0 Å². The van der Waals surface area contributed by atoms with E-state index >= 15 is 0 Å². The molecular formula is C11H8N2. The van der Waals surface area contributed by atoms with E-state index in [-0.39, 0.29) is 0 Å². The highest BCUT2D eigenvalue weighted by Gasteiger charge is 2.09. The number of nitrogens with zero attached hydrogens (tertiary/aromatic N) is 1. The molecule has 0 fully saturated rings. The lowest BCUT2D eigenvalue weighted by Crippen LogP contribution is -1.86. The Morgan fingerprint density at radius 2 is 1.85 bits per heavy atom. The van der Waals surface area contributed by atoms with Crippen LogP contribution in [0.3, 0.4) is 0 Å². The van der Waals surface area contributed by atoms with Crippen molar-refractivity contribution in [1.29, 1.82) is 5.26 Å². The first-order chi connectivity index (χ1) is 6.33. The minimum absolute atomic E-state index is 0.642. The summed E-state index contributed by atoms with van der Waals surface area (Å²) in [4.78, 5) is 0. The van der Waals surface area contributed by atoms with Crippen LogP contribution in [0.5, 0.6) is 0 Å². The lowest BCUT2D eigenvalue weighted by molar-refractivity contribution is 1.51. The van der Waals surface area contributed by atoms with Gasteiger partial charge < -0.3 is 5.73 Å². The maximum atomic E-state index is 8.83. The molecule has 0 aromatic carbocycles. The highest BCUT2D eigenvalue weighted by molar-refractivity contribution is 5.83. The summed E-state index contributed by atoms with van der Waals surface area (Å²) in [6, 6.07) is 13.4. The van der Waals surface area contributed by atoms with E-state index in [2.05, 4.69) is 6.07 Å². The van der Waals surface area contributed by atoms with Crippen molar-refractivity contribution in [3.05, 3.63) is 42.0 Å². The Bertz CT molecular complexity index is 454. The highest BCUT2D eigenvalue weighted by Crippen LogP contribution is 2.31. The Morgan fingerprint density at radius 1 is 1.08 bits per heavy atom. The third-order valence-corrected chi connectivity index (χ3v) is 2.06. The maximum absolute atomic E-state index is 8.83. The Labute approximate surface area is 76.6 Å². The third-order valence-electron chi connectivity index (χ3n) is 2.06. The molecule has 0 aromatic rings. The summed E-state index contributed by atoms with van der Waals surface area (Å²) in [5.41, 5.74) is 8.97. The minimum Gasteiger partial charge on any atom is -0.398 e. The lowest BCUT2D eigenvalue weighted by Gasteiger charge is -1.96. The molecule has 13 heavy (non-hydrogen) atoms. The molecule has 0 bridgehead atoms. The van der Waals surface area contributed by atoms with Crippen LogP contribution in [0.25, 0.3) is 11.1 Å². The fourth-order valence-electron chi connectivity index (χ4n) is 1.45. The number of fused-ring (bicyclic) bond motifs is 1. The molecule has 2 N–H and O–H groups in total. The Morgan fingerprint density at radius 3 is 2.62 bits per heavy atom. The molecule has 0 radical (unpaired) electrons. The standard InChI is InChI=1S/C11H8N2/c12-7-9-6-5-8-3-1-2-4-10(13)11(8)9/h1-6H,13H2. The molecule has 0 atom stereocenters. The van der Waals surface area contributed by atoms with Crippen molar-refractivity contribution in [2.45, 2.75) is 0 Å². The number of hydrogen-bond donors (Lipinski definition) is 1. The average Bonchev–Trinajstić information content (AvgIpc) is 2.47. The first-order valence-electron chi connectivity index (χ1n) is 4.00. The van der Waals surface area contributed by atoms with E-state index in [9.17, 15) is 0 Å². The second-order valence-electron chi connectivity index (χ2n) is 2.86. The quantitative estimate of drug-likeness (QED) is 0.655. The predicted octanol–water partition coefficient (Wildman–Crippen LogP) is 2.25. The maximum Gasteiger partial charge on any atom is 0.0998 e. The monoisotopic (exact) mass is 168 g/mol. The van der Waals surface area contributed by atoms with Gasteiger partial charge in [0, 0.05) is 11.3 Å². The number of nitriles is 1. The summed E-state index contributed by atoms with van der Waals surface area (Å²) >= 11 is 0. The molecule has 0 spiro atoms.